The predicted octanol–water partition coefficient (Wildman–Crippen LogP) is 3.34. The highest BCUT2D eigenvalue weighted by Crippen LogP contribution is 2.24. The van der Waals surface area contributed by atoms with Gasteiger partial charge in [0.2, 0.25) is 0 Å². The van der Waals surface area contributed by atoms with E-state index in [0.29, 0.717) is 32.3 Å². The molecule has 0 atom stereocenters. The number of halogens is 1. The number of aryl methyl sites for hydroxylation is 1. The minimum absolute atomic E-state index is 0.293. The molecule has 23 heavy (non-hydrogen) atoms. The van der Waals surface area contributed by atoms with Gasteiger partial charge in [0.05, 0.1) is 27.2 Å². The van der Waals surface area contributed by atoms with E-state index in [-0.39, 0.29) is 5.56 Å². The topological polar surface area (TPSA) is 71.6 Å². The first kappa shape index (κ1) is 15.5. The second kappa shape index (κ2) is 6.03. The van der Waals surface area contributed by atoms with E-state index in [4.69, 9.17) is 11.6 Å². The van der Waals surface area contributed by atoms with Crippen LogP contribution < -0.4 is 5.56 Å². The number of aromatic nitrogens is 3. The van der Waals surface area contributed by atoms with Crippen LogP contribution in [0, 0.1) is 18.3 Å². The maximum Gasteiger partial charge on any atom is 0.266 e. The summed E-state index contributed by atoms with van der Waals surface area (Å²) in [6.07, 6.45) is 4.78. The summed E-state index contributed by atoms with van der Waals surface area (Å²) in [7, 11) is 0. The number of fused-ring (bicyclic) bond motifs is 1. The Labute approximate surface area is 141 Å². The molecule has 0 bridgehead atoms. The summed E-state index contributed by atoms with van der Waals surface area (Å²) in [4.78, 5) is 21.2. The second-order valence-electron chi connectivity index (χ2n) is 4.85. The molecule has 1 aromatic carbocycles. The van der Waals surface area contributed by atoms with E-state index >= 15 is 0 Å². The van der Waals surface area contributed by atoms with Crippen molar-refractivity contribution in [1.29, 1.82) is 5.26 Å². The van der Waals surface area contributed by atoms with E-state index in [1.165, 1.54) is 28.7 Å². The Morgan fingerprint density at radius 3 is 2.83 bits per heavy atom. The van der Waals surface area contributed by atoms with Crippen molar-refractivity contribution >= 4 is 34.3 Å². The summed E-state index contributed by atoms with van der Waals surface area (Å²) in [5.74, 6) is 0. The van der Waals surface area contributed by atoms with Crippen molar-refractivity contribution in [2.75, 3.05) is 6.26 Å². The van der Waals surface area contributed by atoms with Crippen LogP contribution in [0.3, 0.4) is 0 Å². The molecule has 0 aliphatic heterocycles. The van der Waals surface area contributed by atoms with Crippen LogP contribution in [0.5, 0.6) is 0 Å². The quantitative estimate of drug-likeness (QED) is 0.527. The van der Waals surface area contributed by atoms with Crippen LogP contribution in [0.15, 0.2) is 40.5 Å². The zero-order valence-corrected chi connectivity index (χ0v) is 13.9. The summed E-state index contributed by atoms with van der Waals surface area (Å²) < 4.78 is 1.39. The van der Waals surface area contributed by atoms with Gasteiger partial charge in [-0.3, -0.25) is 9.36 Å². The van der Waals surface area contributed by atoms with Gasteiger partial charge in [-0.25, -0.2) is 9.97 Å². The van der Waals surface area contributed by atoms with Gasteiger partial charge in [-0.15, -0.1) is 0 Å². The molecule has 0 fully saturated rings. The normalized spacial score (nSPS) is 10.7. The van der Waals surface area contributed by atoms with Crippen molar-refractivity contribution < 1.29 is 0 Å². The molecular weight excluding hydrogens is 332 g/mol. The largest absolute Gasteiger partial charge is 0.280 e. The fourth-order valence-electron chi connectivity index (χ4n) is 2.38. The lowest BCUT2D eigenvalue weighted by Crippen LogP contribution is -2.20. The van der Waals surface area contributed by atoms with Crippen LogP contribution >= 0.6 is 23.4 Å². The lowest BCUT2D eigenvalue weighted by molar-refractivity contribution is 0.958. The van der Waals surface area contributed by atoms with Gasteiger partial charge in [-0.05, 0) is 24.8 Å². The Bertz CT molecular complexity index is 1000. The summed E-state index contributed by atoms with van der Waals surface area (Å²) >= 11 is 7.61. The predicted molar refractivity (Wildman–Crippen MR) is 91.4 cm³/mol. The van der Waals surface area contributed by atoms with Crippen LogP contribution in [-0.2, 0) is 0 Å². The van der Waals surface area contributed by atoms with Crippen molar-refractivity contribution in [2.24, 2.45) is 0 Å². The van der Waals surface area contributed by atoms with Crippen LogP contribution in [-0.4, -0.2) is 20.8 Å². The maximum atomic E-state index is 12.8. The molecule has 7 heteroatoms. The van der Waals surface area contributed by atoms with Crippen molar-refractivity contribution in [3.05, 3.63) is 57.1 Å². The lowest BCUT2D eigenvalue weighted by Gasteiger charge is -2.13. The number of benzene rings is 1. The molecule has 3 aromatic rings. The van der Waals surface area contributed by atoms with Crippen molar-refractivity contribution in [3.8, 4) is 11.8 Å². The molecule has 5 nitrogen and oxygen atoms in total. The average Bonchev–Trinajstić information content (AvgIpc) is 2.56. The smallest absolute Gasteiger partial charge is 0.266 e. The summed E-state index contributed by atoms with van der Waals surface area (Å²) in [6, 6.07) is 7.47. The second-order valence-corrected chi connectivity index (χ2v) is 6.03. The Balaban J connectivity index is 2.43. The lowest BCUT2D eigenvalue weighted by atomic mass is 10.1. The fraction of sp³-hybridized carbons (Fsp3) is 0.125. The first-order valence-corrected chi connectivity index (χ1v) is 8.29. The van der Waals surface area contributed by atoms with Gasteiger partial charge in [-0.1, -0.05) is 35.5 Å². The van der Waals surface area contributed by atoms with Gasteiger partial charge in [0.25, 0.3) is 5.56 Å². The Morgan fingerprint density at radius 1 is 1.39 bits per heavy atom. The van der Waals surface area contributed by atoms with E-state index in [0.717, 1.165) is 5.56 Å². The molecule has 3 rings (SSSR count). The standard InChI is InChI=1S/C16H11ClN4OS/c1-9-4-3-5-12(17)14(9)21-8-10(6-18)13-11(15(21)22)7-19-16(20-13)23-2/h3-5,7-8H,1-2H3. The molecule has 114 valence electrons. The highest BCUT2D eigenvalue weighted by Gasteiger charge is 2.15. The highest BCUT2D eigenvalue weighted by atomic mass is 35.5. The summed E-state index contributed by atoms with van der Waals surface area (Å²) in [5.41, 5.74) is 1.76. The molecule has 0 radical (unpaired) electrons. The summed E-state index contributed by atoms with van der Waals surface area (Å²) in [6.45, 7) is 1.86. The third-order valence-corrected chi connectivity index (χ3v) is 4.33. The number of thioether (sulfide) groups is 1. The van der Waals surface area contributed by atoms with Crippen molar-refractivity contribution in [1.82, 2.24) is 14.5 Å². The third kappa shape index (κ3) is 2.58. The molecular formula is C16H11ClN4OS. The third-order valence-electron chi connectivity index (χ3n) is 3.46. The van der Waals surface area contributed by atoms with E-state index in [1.54, 1.807) is 6.07 Å². The van der Waals surface area contributed by atoms with Gasteiger partial charge in [0, 0.05) is 12.4 Å². The molecule has 0 saturated carbocycles. The molecule has 0 amide bonds. The minimum Gasteiger partial charge on any atom is -0.280 e. The van der Waals surface area contributed by atoms with E-state index < -0.39 is 0 Å². The molecule has 0 saturated heterocycles. The van der Waals surface area contributed by atoms with E-state index in [2.05, 4.69) is 16.0 Å². The molecule has 0 aliphatic carbocycles. The van der Waals surface area contributed by atoms with E-state index in [9.17, 15) is 10.1 Å². The molecule has 0 N–H and O–H groups in total. The Kier molecular flexibility index (Phi) is 4.07. The summed E-state index contributed by atoms with van der Waals surface area (Å²) in [5, 5.41) is 10.7. The van der Waals surface area contributed by atoms with Gasteiger partial charge >= 0.3 is 0 Å². The first-order valence-electron chi connectivity index (χ1n) is 6.68. The van der Waals surface area contributed by atoms with Crippen LogP contribution in [0.2, 0.25) is 5.02 Å². The van der Waals surface area contributed by atoms with Gasteiger partial charge in [-0.2, -0.15) is 5.26 Å². The minimum atomic E-state index is -0.303. The molecule has 2 aromatic heterocycles. The van der Waals surface area contributed by atoms with Crippen molar-refractivity contribution in [2.45, 2.75) is 12.1 Å². The van der Waals surface area contributed by atoms with Crippen LogP contribution in [0.1, 0.15) is 11.1 Å². The van der Waals surface area contributed by atoms with Crippen molar-refractivity contribution in [3.63, 3.8) is 0 Å². The molecule has 2 heterocycles. The number of nitriles is 1. The zero-order chi connectivity index (χ0) is 16.6. The molecule has 0 aliphatic rings. The van der Waals surface area contributed by atoms with Crippen LogP contribution in [0.4, 0.5) is 0 Å². The van der Waals surface area contributed by atoms with Crippen LogP contribution in [0.25, 0.3) is 16.6 Å². The Hall–Kier alpha value is -2.36. The Morgan fingerprint density at radius 2 is 2.17 bits per heavy atom. The highest BCUT2D eigenvalue weighted by molar-refractivity contribution is 7.98. The number of hydrogen-bond acceptors (Lipinski definition) is 5. The monoisotopic (exact) mass is 342 g/mol. The first-order chi connectivity index (χ1) is 11.1. The maximum absolute atomic E-state index is 12.8. The van der Waals surface area contributed by atoms with Gasteiger partial charge < -0.3 is 0 Å². The number of nitrogens with zero attached hydrogens (tertiary/aromatic N) is 4. The number of pyridine rings is 1. The zero-order valence-electron chi connectivity index (χ0n) is 12.4. The number of rotatable bonds is 2. The average molecular weight is 343 g/mol. The van der Waals surface area contributed by atoms with Gasteiger partial charge in [0.1, 0.15) is 6.07 Å². The molecule has 0 spiro atoms. The number of hydrogen-bond donors (Lipinski definition) is 0. The van der Waals surface area contributed by atoms with E-state index in [1.807, 2.05) is 25.3 Å². The fourth-order valence-corrected chi connectivity index (χ4v) is 3.03. The SMILES string of the molecule is CSc1ncc2c(=O)n(-c3c(C)cccc3Cl)cc(C#N)c2n1. The number of para-hydroxylation sites is 1. The molecule has 0 unspecified atom stereocenters. The van der Waals surface area contributed by atoms with Gasteiger partial charge in [0.15, 0.2) is 5.16 Å².